The van der Waals surface area contributed by atoms with Gasteiger partial charge in [-0.1, -0.05) is 26.0 Å². The number of amides is 2. The maximum Gasteiger partial charge on any atom is 0.335 e. The molecule has 0 radical (unpaired) electrons. The Labute approximate surface area is 148 Å². The van der Waals surface area contributed by atoms with Crippen LogP contribution in [0.4, 0.5) is 4.79 Å². The van der Waals surface area contributed by atoms with Gasteiger partial charge in [0.15, 0.2) is 0 Å². The number of carboxylic acid groups (broad SMARTS) is 1. The second-order valence-corrected chi connectivity index (χ2v) is 6.77. The monoisotopic (exact) mass is 363 g/mol. The molecule has 2 rings (SSSR count). The smallest absolute Gasteiger partial charge is 0.335 e. The molecule has 7 nitrogen and oxygen atoms in total. The highest BCUT2D eigenvalue weighted by molar-refractivity contribution is 8.18. The number of carbonyl (C=O) groups is 4. The summed E-state index contributed by atoms with van der Waals surface area (Å²) in [6.45, 7) is 3.56. The summed E-state index contributed by atoms with van der Waals surface area (Å²) in [4.78, 5) is 47.8. The van der Waals surface area contributed by atoms with E-state index in [-0.39, 0.29) is 23.0 Å². The third-order valence-corrected chi connectivity index (χ3v) is 4.10. The number of imide groups is 1. The number of thioether (sulfide) groups is 1. The highest BCUT2D eigenvalue weighted by Crippen LogP contribution is 2.32. The van der Waals surface area contributed by atoms with Crippen molar-refractivity contribution in [1.29, 1.82) is 0 Å². The lowest BCUT2D eigenvalue weighted by molar-refractivity contribution is -0.147. The molecule has 2 amide bonds. The molecule has 1 saturated heterocycles. The van der Waals surface area contributed by atoms with Crippen molar-refractivity contribution in [1.82, 2.24) is 4.90 Å². The van der Waals surface area contributed by atoms with E-state index >= 15 is 0 Å². The van der Waals surface area contributed by atoms with E-state index in [2.05, 4.69) is 0 Å². The summed E-state index contributed by atoms with van der Waals surface area (Å²) in [7, 11) is 0. The zero-order valence-electron chi connectivity index (χ0n) is 13.7. The first-order valence-electron chi connectivity index (χ1n) is 7.52. The second-order valence-electron chi connectivity index (χ2n) is 5.77. The number of benzene rings is 1. The highest BCUT2D eigenvalue weighted by atomic mass is 32.2. The van der Waals surface area contributed by atoms with Crippen molar-refractivity contribution in [3.8, 4) is 0 Å². The van der Waals surface area contributed by atoms with Crippen molar-refractivity contribution in [2.24, 2.45) is 5.92 Å². The Bertz CT molecular complexity index is 738. The summed E-state index contributed by atoms with van der Waals surface area (Å²) in [5.74, 6) is -2.10. The first-order valence-corrected chi connectivity index (χ1v) is 8.34. The number of hydrogen-bond donors (Lipinski definition) is 1. The average Bonchev–Trinajstić information content (AvgIpc) is 2.81. The van der Waals surface area contributed by atoms with Crippen molar-refractivity contribution in [2.45, 2.75) is 13.8 Å². The van der Waals surface area contributed by atoms with Gasteiger partial charge in [0, 0.05) is 0 Å². The number of esters is 1. The van der Waals surface area contributed by atoms with Gasteiger partial charge in [-0.25, -0.2) is 4.79 Å². The van der Waals surface area contributed by atoms with E-state index in [0.717, 1.165) is 16.7 Å². The van der Waals surface area contributed by atoms with E-state index in [1.165, 1.54) is 30.3 Å². The standard InChI is InChI=1S/C17H17NO6S/c1-10(2)9-24-14(19)8-18-15(20)13(25-17(18)23)7-11-3-5-12(6-4-11)16(21)22/h3-7,10H,8-9H2,1-2H3,(H,21,22). The van der Waals surface area contributed by atoms with Gasteiger partial charge in [0.25, 0.3) is 11.1 Å². The van der Waals surface area contributed by atoms with Crippen molar-refractivity contribution in [3.05, 3.63) is 40.3 Å². The minimum atomic E-state index is -1.05. The van der Waals surface area contributed by atoms with Gasteiger partial charge in [0.05, 0.1) is 17.1 Å². The van der Waals surface area contributed by atoms with Gasteiger partial charge in [0.1, 0.15) is 6.54 Å². The summed E-state index contributed by atoms with van der Waals surface area (Å²) in [5.41, 5.74) is 0.705. The van der Waals surface area contributed by atoms with Crippen molar-refractivity contribution in [3.63, 3.8) is 0 Å². The van der Waals surface area contributed by atoms with Crippen LogP contribution >= 0.6 is 11.8 Å². The Kier molecular flexibility index (Phi) is 5.97. The lowest BCUT2D eigenvalue weighted by Gasteiger charge is -2.12. The van der Waals surface area contributed by atoms with Crippen LogP contribution in [-0.2, 0) is 14.3 Å². The van der Waals surface area contributed by atoms with Crippen molar-refractivity contribution >= 4 is 40.9 Å². The molecule has 1 heterocycles. The Morgan fingerprint density at radius 1 is 1.24 bits per heavy atom. The molecule has 0 spiro atoms. The van der Waals surface area contributed by atoms with E-state index in [1.807, 2.05) is 13.8 Å². The van der Waals surface area contributed by atoms with Crippen LogP contribution in [0.3, 0.4) is 0 Å². The van der Waals surface area contributed by atoms with Crippen molar-refractivity contribution in [2.75, 3.05) is 13.2 Å². The molecule has 1 aliphatic heterocycles. The predicted molar refractivity (Wildman–Crippen MR) is 91.9 cm³/mol. The van der Waals surface area contributed by atoms with Crippen LogP contribution < -0.4 is 0 Å². The molecular weight excluding hydrogens is 346 g/mol. The van der Waals surface area contributed by atoms with Gasteiger partial charge < -0.3 is 9.84 Å². The van der Waals surface area contributed by atoms with Crippen molar-refractivity contribution < 1.29 is 29.0 Å². The number of rotatable bonds is 6. The van der Waals surface area contributed by atoms with E-state index in [9.17, 15) is 19.2 Å². The lowest BCUT2D eigenvalue weighted by Crippen LogP contribution is -2.34. The van der Waals surface area contributed by atoms with E-state index < -0.39 is 29.6 Å². The molecular formula is C17H17NO6S. The zero-order valence-corrected chi connectivity index (χ0v) is 14.5. The molecule has 0 aromatic heterocycles. The minimum absolute atomic E-state index is 0.123. The molecule has 1 aromatic rings. The van der Waals surface area contributed by atoms with Gasteiger partial charge in [-0.2, -0.15) is 0 Å². The maximum atomic E-state index is 12.3. The summed E-state index contributed by atoms with van der Waals surface area (Å²) in [6.07, 6.45) is 1.48. The number of aromatic carboxylic acids is 1. The fraction of sp³-hybridized carbons (Fsp3) is 0.294. The van der Waals surface area contributed by atoms with E-state index in [1.54, 1.807) is 0 Å². The van der Waals surface area contributed by atoms with Crippen LogP contribution in [0.1, 0.15) is 29.8 Å². The van der Waals surface area contributed by atoms with Crippen LogP contribution in [0.15, 0.2) is 29.2 Å². The molecule has 0 bridgehead atoms. The maximum absolute atomic E-state index is 12.3. The number of carboxylic acids is 1. The molecule has 8 heteroatoms. The molecule has 1 fully saturated rings. The molecule has 132 valence electrons. The quantitative estimate of drug-likeness (QED) is 0.612. The summed E-state index contributed by atoms with van der Waals surface area (Å²) >= 11 is 0.728. The van der Waals surface area contributed by atoms with Crippen LogP contribution in [0, 0.1) is 5.92 Å². The number of nitrogens with zero attached hydrogens (tertiary/aromatic N) is 1. The molecule has 0 unspecified atom stereocenters. The number of carbonyl (C=O) groups excluding carboxylic acids is 3. The Balaban J connectivity index is 2.06. The molecule has 1 aromatic carbocycles. The highest BCUT2D eigenvalue weighted by Gasteiger charge is 2.36. The normalized spacial score (nSPS) is 16.0. The van der Waals surface area contributed by atoms with Gasteiger partial charge in [-0.3, -0.25) is 19.3 Å². The molecule has 0 saturated carbocycles. The number of hydrogen-bond acceptors (Lipinski definition) is 6. The summed E-state index contributed by atoms with van der Waals surface area (Å²) in [6, 6.07) is 5.88. The number of ether oxygens (including phenoxy) is 1. The van der Waals surface area contributed by atoms with E-state index in [0.29, 0.717) is 5.56 Å². The van der Waals surface area contributed by atoms with Gasteiger partial charge in [-0.05, 0) is 41.5 Å². The summed E-state index contributed by atoms with van der Waals surface area (Å²) in [5, 5.41) is 8.32. The molecule has 0 atom stereocenters. The largest absolute Gasteiger partial charge is 0.478 e. The Morgan fingerprint density at radius 3 is 2.44 bits per heavy atom. The fourth-order valence-corrected chi connectivity index (χ4v) is 2.78. The topological polar surface area (TPSA) is 101 Å². The van der Waals surface area contributed by atoms with Gasteiger partial charge in [-0.15, -0.1) is 0 Å². The van der Waals surface area contributed by atoms with Crippen LogP contribution in [0.25, 0.3) is 6.08 Å². The molecule has 1 N–H and O–H groups in total. The first-order chi connectivity index (χ1) is 11.8. The second kappa shape index (κ2) is 7.98. The van der Waals surface area contributed by atoms with Crippen LogP contribution in [0.5, 0.6) is 0 Å². The minimum Gasteiger partial charge on any atom is -0.478 e. The zero-order chi connectivity index (χ0) is 18.6. The third-order valence-electron chi connectivity index (χ3n) is 3.19. The van der Waals surface area contributed by atoms with Crippen LogP contribution in [0.2, 0.25) is 0 Å². The van der Waals surface area contributed by atoms with E-state index in [4.69, 9.17) is 9.84 Å². The van der Waals surface area contributed by atoms with Gasteiger partial charge in [0.2, 0.25) is 0 Å². The lowest BCUT2D eigenvalue weighted by atomic mass is 10.1. The van der Waals surface area contributed by atoms with Gasteiger partial charge >= 0.3 is 11.9 Å². The fourth-order valence-electron chi connectivity index (χ4n) is 1.94. The average molecular weight is 363 g/mol. The molecule has 0 aliphatic carbocycles. The third kappa shape index (κ3) is 4.93. The SMILES string of the molecule is CC(C)COC(=O)CN1C(=O)SC(=Cc2ccc(C(=O)O)cc2)C1=O. The molecule has 1 aliphatic rings. The van der Waals surface area contributed by atoms with Crippen LogP contribution in [-0.4, -0.2) is 46.2 Å². The molecule has 25 heavy (non-hydrogen) atoms. The first kappa shape index (κ1) is 18.7. The summed E-state index contributed by atoms with van der Waals surface area (Å²) < 4.78 is 4.98. The predicted octanol–water partition coefficient (Wildman–Crippen LogP) is 2.62. The Morgan fingerprint density at radius 2 is 1.88 bits per heavy atom. The Hall–Kier alpha value is -2.61.